The van der Waals surface area contributed by atoms with Crippen LogP contribution in [0.2, 0.25) is 0 Å². The van der Waals surface area contributed by atoms with Gasteiger partial charge in [-0.15, -0.1) is 0 Å². The Kier molecular flexibility index (Phi) is 6.82. The van der Waals surface area contributed by atoms with Crippen molar-refractivity contribution in [2.75, 3.05) is 0 Å². The van der Waals surface area contributed by atoms with Gasteiger partial charge in [0, 0.05) is 12.1 Å². The molecule has 10 aromatic rings. The molecule has 10 rings (SSSR count). The van der Waals surface area contributed by atoms with Crippen LogP contribution in [0, 0.1) is 0 Å². The van der Waals surface area contributed by atoms with Crippen LogP contribution in [0.3, 0.4) is 0 Å². The van der Waals surface area contributed by atoms with E-state index in [0.29, 0.717) is 0 Å². The van der Waals surface area contributed by atoms with Crippen molar-refractivity contribution in [2.45, 2.75) is 13.3 Å². The summed E-state index contributed by atoms with van der Waals surface area (Å²) in [6, 6.07) is 64.4. The first-order valence-electron chi connectivity index (χ1n) is 17.8. The summed E-state index contributed by atoms with van der Waals surface area (Å²) in [5.74, 6) is 1.07. The highest BCUT2D eigenvalue weighted by molar-refractivity contribution is 6.22. The predicted octanol–water partition coefficient (Wildman–Crippen LogP) is 13.2. The maximum absolute atomic E-state index is 4.94. The summed E-state index contributed by atoms with van der Waals surface area (Å²) in [6.45, 7) is 2.17. The van der Waals surface area contributed by atoms with Gasteiger partial charge in [0.25, 0.3) is 0 Å². The molecule has 0 aliphatic carbocycles. The van der Waals surface area contributed by atoms with E-state index >= 15 is 0 Å². The SMILES string of the molecule is CCc1nc2ccccc2n1-c1ccc(-c2c3ccccc3c(-c3ccc4ccccc4c3)c3cc(-c4cccc5ccccc45)ccc23)cc1. The van der Waals surface area contributed by atoms with Gasteiger partial charge in [0.05, 0.1) is 11.0 Å². The van der Waals surface area contributed by atoms with Crippen LogP contribution in [0.5, 0.6) is 0 Å². The van der Waals surface area contributed by atoms with E-state index in [0.717, 1.165) is 29.0 Å². The Balaban J connectivity index is 1.25. The lowest BCUT2D eigenvalue weighted by Crippen LogP contribution is -2.00. The van der Waals surface area contributed by atoms with E-state index in [9.17, 15) is 0 Å². The zero-order valence-electron chi connectivity index (χ0n) is 28.3. The lowest BCUT2D eigenvalue weighted by atomic mass is 9.84. The Morgan fingerprint density at radius 3 is 1.84 bits per heavy atom. The zero-order chi connectivity index (χ0) is 33.9. The first-order valence-corrected chi connectivity index (χ1v) is 17.8. The highest BCUT2D eigenvalue weighted by Crippen LogP contribution is 2.46. The summed E-state index contributed by atoms with van der Waals surface area (Å²) in [7, 11) is 0. The molecule has 0 atom stereocenters. The zero-order valence-corrected chi connectivity index (χ0v) is 28.3. The standard InChI is InChI=1S/C49H34N2/c1-2-47-50-45-20-9-10-21-46(45)51(47)38-27-24-34(25-28-38)48-41-17-7-8-18-42(41)49(37-23-22-32-12-3-4-14-35(32)30-37)44-31-36(26-29-43(44)48)40-19-11-15-33-13-5-6-16-39(33)40/h3-31H,2H2,1H3. The van der Waals surface area contributed by atoms with Gasteiger partial charge < -0.3 is 0 Å². The van der Waals surface area contributed by atoms with Gasteiger partial charge >= 0.3 is 0 Å². The van der Waals surface area contributed by atoms with Crippen LogP contribution in [0.25, 0.3) is 93.2 Å². The van der Waals surface area contributed by atoms with E-state index in [1.165, 1.54) is 76.5 Å². The number of hydrogen-bond donors (Lipinski definition) is 0. The fourth-order valence-corrected chi connectivity index (χ4v) is 8.17. The fourth-order valence-electron chi connectivity index (χ4n) is 8.17. The van der Waals surface area contributed by atoms with Gasteiger partial charge in [-0.2, -0.15) is 0 Å². The van der Waals surface area contributed by atoms with E-state index < -0.39 is 0 Å². The summed E-state index contributed by atoms with van der Waals surface area (Å²) in [5.41, 5.74) is 10.7. The average Bonchev–Trinajstić information content (AvgIpc) is 3.58. The van der Waals surface area contributed by atoms with E-state index in [2.05, 4.69) is 187 Å². The van der Waals surface area contributed by atoms with Crippen LogP contribution >= 0.6 is 0 Å². The van der Waals surface area contributed by atoms with E-state index in [1.54, 1.807) is 0 Å². The van der Waals surface area contributed by atoms with Crippen molar-refractivity contribution in [3.63, 3.8) is 0 Å². The lowest BCUT2D eigenvalue weighted by Gasteiger charge is -2.19. The van der Waals surface area contributed by atoms with E-state index in [-0.39, 0.29) is 0 Å². The minimum absolute atomic E-state index is 0.862. The van der Waals surface area contributed by atoms with Crippen molar-refractivity contribution in [1.82, 2.24) is 9.55 Å². The Morgan fingerprint density at radius 2 is 1.04 bits per heavy atom. The van der Waals surface area contributed by atoms with Gasteiger partial charge in [0.15, 0.2) is 0 Å². The largest absolute Gasteiger partial charge is 0.296 e. The minimum Gasteiger partial charge on any atom is -0.296 e. The number of rotatable bonds is 5. The predicted molar refractivity (Wildman–Crippen MR) is 217 cm³/mol. The maximum atomic E-state index is 4.94. The molecule has 0 amide bonds. The smallest absolute Gasteiger partial charge is 0.114 e. The van der Waals surface area contributed by atoms with Gasteiger partial charge in [-0.1, -0.05) is 146 Å². The third-order valence-electron chi connectivity index (χ3n) is 10.5. The third-order valence-corrected chi connectivity index (χ3v) is 10.5. The monoisotopic (exact) mass is 650 g/mol. The normalized spacial score (nSPS) is 11.7. The molecular formula is C49H34N2. The molecule has 0 spiro atoms. The fraction of sp³-hybridized carbons (Fsp3) is 0.0408. The molecule has 1 heterocycles. The Labute approximate surface area is 296 Å². The molecule has 51 heavy (non-hydrogen) atoms. The van der Waals surface area contributed by atoms with Gasteiger partial charge in [-0.3, -0.25) is 4.57 Å². The van der Waals surface area contributed by atoms with Crippen molar-refractivity contribution in [3.05, 3.63) is 182 Å². The van der Waals surface area contributed by atoms with Crippen molar-refractivity contribution < 1.29 is 0 Å². The molecule has 0 unspecified atom stereocenters. The van der Waals surface area contributed by atoms with Gasteiger partial charge in [0.1, 0.15) is 5.82 Å². The van der Waals surface area contributed by atoms with E-state index in [4.69, 9.17) is 4.98 Å². The molecule has 0 saturated heterocycles. The van der Waals surface area contributed by atoms with Crippen molar-refractivity contribution in [2.24, 2.45) is 0 Å². The Bertz CT molecular complexity index is 2940. The van der Waals surface area contributed by atoms with E-state index in [1.807, 2.05) is 0 Å². The average molecular weight is 651 g/mol. The minimum atomic E-state index is 0.862. The molecule has 9 aromatic carbocycles. The highest BCUT2D eigenvalue weighted by Gasteiger charge is 2.19. The Hall–Kier alpha value is -6.51. The molecule has 0 fully saturated rings. The number of aryl methyl sites for hydroxylation is 1. The number of para-hydroxylation sites is 2. The molecule has 0 aliphatic rings. The number of nitrogens with zero attached hydrogens (tertiary/aromatic N) is 2. The van der Waals surface area contributed by atoms with Gasteiger partial charge in [0.2, 0.25) is 0 Å². The number of aromatic nitrogens is 2. The molecule has 2 heteroatoms. The number of benzene rings is 9. The van der Waals surface area contributed by atoms with Crippen molar-refractivity contribution in [3.8, 4) is 39.1 Å². The molecule has 1 aromatic heterocycles. The number of imidazole rings is 1. The number of hydrogen-bond acceptors (Lipinski definition) is 1. The summed E-state index contributed by atoms with van der Waals surface area (Å²) < 4.78 is 2.30. The van der Waals surface area contributed by atoms with Crippen LogP contribution in [0.1, 0.15) is 12.7 Å². The first kappa shape index (κ1) is 29.4. The molecular weight excluding hydrogens is 617 g/mol. The second-order valence-corrected chi connectivity index (χ2v) is 13.4. The van der Waals surface area contributed by atoms with Crippen LogP contribution in [-0.4, -0.2) is 9.55 Å². The first-order chi connectivity index (χ1) is 25.2. The van der Waals surface area contributed by atoms with Crippen molar-refractivity contribution in [1.29, 1.82) is 0 Å². The molecule has 0 N–H and O–H groups in total. The van der Waals surface area contributed by atoms with Crippen LogP contribution in [0.4, 0.5) is 0 Å². The second kappa shape index (κ2) is 11.8. The molecule has 240 valence electrons. The summed E-state index contributed by atoms with van der Waals surface area (Å²) in [6.07, 6.45) is 0.862. The second-order valence-electron chi connectivity index (χ2n) is 13.4. The quantitative estimate of drug-likeness (QED) is 0.170. The molecule has 0 bridgehead atoms. The summed E-state index contributed by atoms with van der Waals surface area (Å²) in [5, 5.41) is 10.0. The summed E-state index contributed by atoms with van der Waals surface area (Å²) in [4.78, 5) is 4.94. The lowest BCUT2D eigenvalue weighted by molar-refractivity contribution is 0.908. The van der Waals surface area contributed by atoms with Gasteiger partial charge in [-0.05, 0) is 113 Å². The van der Waals surface area contributed by atoms with Crippen LogP contribution < -0.4 is 0 Å². The molecule has 2 nitrogen and oxygen atoms in total. The summed E-state index contributed by atoms with van der Waals surface area (Å²) >= 11 is 0. The molecule has 0 radical (unpaired) electrons. The Morgan fingerprint density at radius 1 is 0.431 bits per heavy atom. The molecule has 0 saturated carbocycles. The topological polar surface area (TPSA) is 17.8 Å². The maximum Gasteiger partial charge on any atom is 0.114 e. The molecule has 0 aliphatic heterocycles. The van der Waals surface area contributed by atoms with Crippen LogP contribution in [-0.2, 0) is 6.42 Å². The van der Waals surface area contributed by atoms with Gasteiger partial charge in [-0.25, -0.2) is 4.98 Å². The number of fused-ring (bicyclic) bond motifs is 5. The highest BCUT2D eigenvalue weighted by atomic mass is 15.1. The van der Waals surface area contributed by atoms with Crippen molar-refractivity contribution >= 4 is 54.1 Å². The van der Waals surface area contributed by atoms with Crippen LogP contribution in [0.15, 0.2) is 176 Å². The third kappa shape index (κ3) is 4.75.